The predicted molar refractivity (Wildman–Crippen MR) is 60.8 cm³/mol. The van der Waals surface area contributed by atoms with E-state index in [0.29, 0.717) is 11.7 Å². The first-order valence-electron chi connectivity index (χ1n) is 4.67. The number of rotatable bonds is 3. The number of thioether (sulfide) groups is 1. The number of carbonyl (C=O) groups excluding carboxylic acids is 1. The molecule has 1 aliphatic carbocycles. The van der Waals surface area contributed by atoms with Crippen molar-refractivity contribution in [2.75, 3.05) is 5.75 Å². The Morgan fingerprint density at radius 2 is 2.29 bits per heavy atom. The van der Waals surface area contributed by atoms with Gasteiger partial charge in [0.15, 0.2) is 5.78 Å². The van der Waals surface area contributed by atoms with Gasteiger partial charge in [0.05, 0.1) is 0 Å². The van der Waals surface area contributed by atoms with Gasteiger partial charge in [-0.15, -0.1) is 18.3 Å². The fraction of sp³-hybridized carbons (Fsp3) is 0.250. The second-order valence-electron chi connectivity index (χ2n) is 3.33. The molecule has 1 nitrogen and oxygen atoms in total. The first kappa shape index (κ1) is 9.53. The Balaban J connectivity index is 2.25. The van der Waals surface area contributed by atoms with Crippen LogP contribution in [0.25, 0.3) is 0 Å². The first-order valence-corrected chi connectivity index (χ1v) is 5.72. The minimum absolute atomic E-state index is 0.280. The van der Waals surface area contributed by atoms with Crippen molar-refractivity contribution in [3.05, 3.63) is 48.0 Å². The zero-order valence-electron chi connectivity index (χ0n) is 7.90. The highest BCUT2D eigenvalue weighted by Crippen LogP contribution is 2.40. The molecule has 0 aliphatic heterocycles. The smallest absolute Gasteiger partial charge is 0.164 e. The van der Waals surface area contributed by atoms with Gasteiger partial charge in [0.2, 0.25) is 0 Å². The van der Waals surface area contributed by atoms with Crippen molar-refractivity contribution in [1.29, 1.82) is 0 Å². The molecule has 1 aromatic rings. The molecule has 0 fully saturated rings. The van der Waals surface area contributed by atoms with Crippen molar-refractivity contribution >= 4 is 17.5 Å². The largest absolute Gasteiger partial charge is 0.294 e. The predicted octanol–water partition coefficient (Wildman–Crippen LogP) is 3.23. The normalized spacial score (nSPS) is 19.4. The highest BCUT2D eigenvalue weighted by atomic mass is 32.2. The van der Waals surface area contributed by atoms with E-state index in [1.807, 2.05) is 24.3 Å². The highest BCUT2D eigenvalue weighted by molar-refractivity contribution is 7.99. The lowest BCUT2D eigenvalue weighted by molar-refractivity contribution is 0.0994. The van der Waals surface area contributed by atoms with E-state index in [1.54, 1.807) is 11.8 Å². The Kier molecular flexibility index (Phi) is 2.73. The minimum Gasteiger partial charge on any atom is -0.294 e. The number of carbonyl (C=O) groups is 1. The topological polar surface area (TPSA) is 17.1 Å². The third kappa shape index (κ3) is 1.62. The molecule has 0 amide bonds. The maximum Gasteiger partial charge on any atom is 0.164 e. The molecule has 0 heterocycles. The van der Waals surface area contributed by atoms with Gasteiger partial charge >= 0.3 is 0 Å². The fourth-order valence-electron chi connectivity index (χ4n) is 1.75. The van der Waals surface area contributed by atoms with Crippen LogP contribution in [0.15, 0.2) is 36.9 Å². The van der Waals surface area contributed by atoms with Crippen molar-refractivity contribution in [1.82, 2.24) is 0 Å². The lowest BCUT2D eigenvalue weighted by Crippen LogP contribution is -1.89. The van der Waals surface area contributed by atoms with E-state index in [1.165, 1.54) is 5.56 Å². The van der Waals surface area contributed by atoms with Crippen LogP contribution >= 0.6 is 11.8 Å². The van der Waals surface area contributed by atoms with Gasteiger partial charge in [0, 0.05) is 23.0 Å². The summed E-state index contributed by atoms with van der Waals surface area (Å²) in [5.41, 5.74) is 2.11. The van der Waals surface area contributed by atoms with Crippen molar-refractivity contribution in [3.63, 3.8) is 0 Å². The second kappa shape index (κ2) is 4.01. The molecule has 72 valence electrons. The summed E-state index contributed by atoms with van der Waals surface area (Å²) in [6, 6.07) is 7.91. The number of fused-ring (bicyclic) bond motifs is 1. The van der Waals surface area contributed by atoms with Crippen molar-refractivity contribution < 1.29 is 4.79 Å². The van der Waals surface area contributed by atoms with E-state index in [4.69, 9.17) is 0 Å². The van der Waals surface area contributed by atoms with Crippen LogP contribution in [0.5, 0.6) is 0 Å². The highest BCUT2D eigenvalue weighted by Gasteiger charge is 2.28. The quantitative estimate of drug-likeness (QED) is 0.703. The molecule has 1 atom stereocenters. The maximum absolute atomic E-state index is 11.6. The lowest BCUT2D eigenvalue weighted by Gasteiger charge is -2.07. The summed E-state index contributed by atoms with van der Waals surface area (Å²) >= 11 is 1.79. The Hall–Kier alpha value is -1.02. The Bertz CT molecular complexity index is 370. The summed E-state index contributed by atoms with van der Waals surface area (Å²) in [7, 11) is 0. The van der Waals surface area contributed by atoms with Crippen LogP contribution in [0.1, 0.15) is 27.6 Å². The number of Topliss-reactive ketones (excluding diaryl/α,β-unsaturated/α-hetero) is 1. The van der Waals surface area contributed by atoms with Gasteiger partial charge in [-0.1, -0.05) is 30.3 Å². The molecule has 0 N–H and O–H groups in total. The average Bonchev–Trinajstić information content (AvgIpc) is 2.54. The first-order chi connectivity index (χ1) is 6.83. The Labute approximate surface area is 88.2 Å². The SMILES string of the molecule is C=CCSC1CC(=O)c2ccccc21. The summed E-state index contributed by atoms with van der Waals surface area (Å²) in [5.74, 6) is 1.19. The standard InChI is InChI=1S/C12H12OS/c1-2-7-14-12-8-11(13)9-5-3-4-6-10(9)12/h2-6,12H,1,7-8H2. The molecule has 0 radical (unpaired) electrons. The molecule has 2 heteroatoms. The van der Waals surface area contributed by atoms with Gasteiger partial charge in [-0.3, -0.25) is 4.79 Å². The van der Waals surface area contributed by atoms with Crippen LogP contribution in [0.3, 0.4) is 0 Å². The van der Waals surface area contributed by atoms with Crippen LogP contribution in [0, 0.1) is 0 Å². The summed E-state index contributed by atoms with van der Waals surface area (Å²) in [6.07, 6.45) is 2.54. The third-order valence-electron chi connectivity index (χ3n) is 2.39. The van der Waals surface area contributed by atoms with E-state index < -0.39 is 0 Å². The summed E-state index contributed by atoms with van der Waals surface area (Å²) in [4.78, 5) is 11.6. The summed E-state index contributed by atoms with van der Waals surface area (Å²) in [5, 5.41) is 0.344. The molecule has 0 spiro atoms. The molecular weight excluding hydrogens is 192 g/mol. The van der Waals surface area contributed by atoms with Gasteiger partial charge in [-0.2, -0.15) is 0 Å². The molecule has 0 saturated heterocycles. The van der Waals surface area contributed by atoms with Crippen LogP contribution in [-0.4, -0.2) is 11.5 Å². The lowest BCUT2D eigenvalue weighted by atomic mass is 10.1. The summed E-state index contributed by atoms with van der Waals surface area (Å²) in [6.45, 7) is 3.69. The Morgan fingerprint density at radius 1 is 1.50 bits per heavy atom. The van der Waals surface area contributed by atoms with E-state index in [-0.39, 0.29) is 5.78 Å². The van der Waals surface area contributed by atoms with Crippen LogP contribution < -0.4 is 0 Å². The van der Waals surface area contributed by atoms with Gasteiger partial charge in [-0.05, 0) is 5.56 Å². The van der Waals surface area contributed by atoms with E-state index in [9.17, 15) is 4.79 Å². The molecule has 1 unspecified atom stereocenters. The van der Waals surface area contributed by atoms with Gasteiger partial charge in [0.1, 0.15) is 0 Å². The van der Waals surface area contributed by atoms with Crippen LogP contribution in [0.2, 0.25) is 0 Å². The molecule has 14 heavy (non-hydrogen) atoms. The second-order valence-corrected chi connectivity index (χ2v) is 4.56. The zero-order valence-corrected chi connectivity index (χ0v) is 8.72. The number of hydrogen-bond acceptors (Lipinski definition) is 2. The third-order valence-corrected chi connectivity index (χ3v) is 3.65. The molecule has 1 aliphatic rings. The molecule has 2 rings (SSSR count). The minimum atomic E-state index is 0.280. The van der Waals surface area contributed by atoms with Gasteiger partial charge in [0.25, 0.3) is 0 Å². The molecule has 0 bridgehead atoms. The summed E-state index contributed by atoms with van der Waals surface area (Å²) < 4.78 is 0. The van der Waals surface area contributed by atoms with E-state index in [0.717, 1.165) is 11.3 Å². The number of ketones is 1. The zero-order chi connectivity index (χ0) is 9.97. The monoisotopic (exact) mass is 204 g/mol. The maximum atomic E-state index is 11.6. The van der Waals surface area contributed by atoms with Crippen molar-refractivity contribution in [2.45, 2.75) is 11.7 Å². The molecule has 0 saturated carbocycles. The Morgan fingerprint density at radius 3 is 3.07 bits per heavy atom. The van der Waals surface area contributed by atoms with Crippen molar-refractivity contribution in [2.24, 2.45) is 0 Å². The van der Waals surface area contributed by atoms with E-state index >= 15 is 0 Å². The number of benzene rings is 1. The van der Waals surface area contributed by atoms with Crippen molar-refractivity contribution in [3.8, 4) is 0 Å². The van der Waals surface area contributed by atoms with Gasteiger partial charge < -0.3 is 0 Å². The molecular formula is C12H12OS. The average molecular weight is 204 g/mol. The van der Waals surface area contributed by atoms with Crippen LogP contribution in [0.4, 0.5) is 0 Å². The fourth-order valence-corrected chi connectivity index (χ4v) is 2.78. The number of hydrogen-bond donors (Lipinski definition) is 0. The van der Waals surface area contributed by atoms with Gasteiger partial charge in [-0.25, -0.2) is 0 Å². The van der Waals surface area contributed by atoms with E-state index in [2.05, 4.69) is 12.6 Å². The van der Waals surface area contributed by atoms with Crippen LogP contribution in [-0.2, 0) is 0 Å². The molecule has 1 aromatic carbocycles. The molecule has 0 aromatic heterocycles.